The third-order valence-electron chi connectivity index (χ3n) is 1.88. The maximum Gasteiger partial charge on any atom is 0.140 e. The molecule has 0 radical (unpaired) electrons. The molecule has 76 valence electrons. The Balaban J connectivity index is 2.22. The van der Waals surface area contributed by atoms with Crippen LogP contribution >= 0.6 is 11.3 Å². The van der Waals surface area contributed by atoms with E-state index in [-0.39, 0.29) is 5.75 Å². The monoisotopic (exact) mass is 218 g/mol. The molecule has 1 aromatic heterocycles. The summed E-state index contributed by atoms with van der Waals surface area (Å²) in [5, 5.41) is 19.2. The lowest BCUT2D eigenvalue weighted by Crippen LogP contribution is -1.74. The first kappa shape index (κ1) is 9.86. The van der Waals surface area contributed by atoms with Crippen molar-refractivity contribution in [1.29, 1.82) is 0 Å². The molecule has 1 heterocycles. The number of rotatable bonds is 2. The van der Waals surface area contributed by atoms with E-state index in [9.17, 15) is 5.11 Å². The Labute approximate surface area is 91.7 Å². The summed E-state index contributed by atoms with van der Waals surface area (Å²) >= 11 is 1.52. The molecule has 3 nitrogen and oxygen atoms in total. The van der Waals surface area contributed by atoms with Crippen LogP contribution < -0.4 is 0 Å². The molecule has 1 N–H and O–H groups in total. The fourth-order valence-corrected chi connectivity index (χ4v) is 1.77. The normalized spacial score (nSPS) is 11.0. The van der Waals surface area contributed by atoms with Gasteiger partial charge in [-0.3, -0.25) is 0 Å². The number of aromatic nitrogens is 2. The van der Waals surface area contributed by atoms with Gasteiger partial charge in [-0.05, 0) is 25.1 Å². The van der Waals surface area contributed by atoms with Crippen molar-refractivity contribution in [2.45, 2.75) is 6.92 Å². The Kier molecular flexibility index (Phi) is 2.78. The highest BCUT2D eigenvalue weighted by molar-refractivity contribution is 7.12. The first-order valence-electron chi connectivity index (χ1n) is 4.52. The van der Waals surface area contributed by atoms with Gasteiger partial charge in [0.05, 0.1) is 0 Å². The van der Waals surface area contributed by atoms with Gasteiger partial charge < -0.3 is 5.11 Å². The average molecular weight is 218 g/mol. The fourth-order valence-electron chi connectivity index (χ4n) is 1.17. The number of phenols is 1. The van der Waals surface area contributed by atoms with Crippen LogP contribution in [0, 0.1) is 6.92 Å². The quantitative estimate of drug-likeness (QED) is 0.843. The molecule has 0 amide bonds. The lowest BCUT2D eigenvalue weighted by molar-refractivity contribution is 0.474. The molecule has 1 aromatic carbocycles. The Bertz CT molecular complexity index is 491. The molecule has 15 heavy (non-hydrogen) atoms. The Morgan fingerprint density at radius 1 is 1.20 bits per heavy atom. The summed E-state index contributed by atoms with van der Waals surface area (Å²) in [6, 6.07) is 7.18. The van der Waals surface area contributed by atoms with E-state index in [1.807, 2.05) is 31.2 Å². The molecular formula is C11H10N2OS. The van der Waals surface area contributed by atoms with Gasteiger partial charge >= 0.3 is 0 Å². The predicted molar refractivity (Wildman–Crippen MR) is 61.7 cm³/mol. The van der Waals surface area contributed by atoms with E-state index in [0.717, 1.165) is 15.6 Å². The van der Waals surface area contributed by atoms with E-state index < -0.39 is 0 Å². The molecule has 2 aromatic rings. The summed E-state index contributed by atoms with van der Waals surface area (Å²) < 4.78 is 0. The van der Waals surface area contributed by atoms with Gasteiger partial charge in [-0.15, -0.1) is 10.2 Å². The van der Waals surface area contributed by atoms with Crippen LogP contribution in [0.5, 0.6) is 5.75 Å². The van der Waals surface area contributed by atoms with Gasteiger partial charge in [0.1, 0.15) is 15.8 Å². The lowest BCUT2D eigenvalue weighted by Gasteiger charge is -1.95. The van der Waals surface area contributed by atoms with Gasteiger partial charge in [0.2, 0.25) is 0 Å². The predicted octanol–water partition coefficient (Wildman–Crippen LogP) is 2.72. The summed E-state index contributed by atoms with van der Waals surface area (Å²) in [5.41, 5.74) is 0.783. The van der Waals surface area contributed by atoms with Crippen molar-refractivity contribution < 1.29 is 5.11 Å². The summed E-state index contributed by atoms with van der Waals surface area (Å²) in [6.07, 6.45) is 3.68. The van der Waals surface area contributed by atoms with E-state index in [1.54, 1.807) is 12.1 Å². The summed E-state index contributed by atoms with van der Waals surface area (Å²) in [6.45, 7) is 1.91. The van der Waals surface area contributed by atoms with Crippen LogP contribution in [-0.4, -0.2) is 15.3 Å². The molecule has 0 aliphatic rings. The number of hydrogen-bond acceptors (Lipinski definition) is 4. The van der Waals surface area contributed by atoms with Crippen LogP contribution in [0.25, 0.3) is 12.2 Å². The molecule has 0 saturated heterocycles. The van der Waals surface area contributed by atoms with E-state index in [2.05, 4.69) is 10.2 Å². The van der Waals surface area contributed by atoms with Gasteiger partial charge in [-0.1, -0.05) is 29.5 Å². The highest BCUT2D eigenvalue weighted by Gasteiger charge is 1.97. The highest BCUT2D eigenvalue weighted by Crippen LogP contribution is 2.19. The summed E-state index contributed by atoms with van der Waals surface area (Å²) in [5.74, 6) is 0.273. The first-order valence-corrected chi connectivity index (χ1v) is 5.33. The second-order valence-electron chi connectivity index (χ2n) is 3.05. The van der Waals surface area contributed by atoms with Crippen molar-refractivity contribution in [3.8, 4) is 5.75 Å². The van der Waals surface area contributed by atoms with Crippen LogP contribution in [-0.2, 0) is 0 Å². The summed E-state index contributed by atoms with van der Waals surface area (Å²) in [7, 11) is 0. The molecule has 0 saturated carbocycles. The molecule has 0 bridgehead atoms. The average Bonchev–Trinajstić information content (AvgIpc) is 2.63. The first-order chi connectivity index (χ1) is 7.25. The second-order valence-corrected chi connectivity index (χ2v) is 4.26. The standard InChI is InChI=1S/C11H10N2OS/c1-8-12-13-11(15-8)7-6-9-4-2-3-5-10(9)14/h2-7,14H,1H3. The van der Waals surface area contributed by atoms with Crippen molar-refractivity contribution in [3.05, 3.63) is 39.8 Å². The largest absolute Gasteiger partial charge is 0.507 e. The van der Waals surface area contributed by atoms with Gasteiger partial charge in [0, 0.05) is 5.56 Å². The Hall–Kier alpha value is -1.68. The Morgan fingerprint density at radius 3 is 2.67 bits per heavy atom. The molecule has 0 unspecified atom stereocenters. The molecule has 2 rings (SSSR count). The topological polar surface area (TPSA) is 46.0 Å². The molecule has 0 fully saturated rings. The van der Waals surface area contributed by atoms with Crippen LogP contribution in [0.2, 0.25) is 0 Å². The van der Waals surface area contributed by atoms with E-state index >= 15 is 0 Å². The number of hydrogen-bond donors (Lipinski definition) is 1. The summed E-state index contributed by atoms with van der Waals surface area (Å²) in [4.78, 5) is 0. The zero-order chi connectivity index (χ0) is 10.7. The molecule has 4 heteroatoms. The minimum Gasteiger partial charge on any atom is -0.507 e. The number of aryl methyl sites for hydroxylation is 1. The third-order valence-corrected chi connectivity index (χ3v) is 2.69. The third kappa shape index (κ3) is 2.41. The molecular weight excluding hydrogens is 208 g/mol. The van der Waals surface area contributed by atoms with Crippen molar-refractivity contribution in [2.75, 3.05) is 0 Å². The maximum absolute atomic E-state index is 9.51. The zero-order valence-corrected chi connectivity index (χ0v) is 9.03. The maximum atomic E-state index is 9.51. The molecule has 0 atom stereocenters. The second kappa shape index (κ2) is 4.23. The van der Waals surface area contributed by atoms with E-state index in [4.69, 9.17) is 0 Å². The fraction of sp³-hybridized carbons (Fsp3) is 0.0909. The number of benzene rings is 1. The van der Waals surface area contributed by atoms with Crippen molar-refractivity contribution in [1.82, 2.24) is 10.2 Å². The zero-order valence-electron chi connectivity index (χ0n) is 8.21. The van der Waals surface area contributed by atoms with Gasteiger partial charge in [-0.2, -0.15) is 0 Å². The number of phenolic OH excluding ortho intramolecular Hbond substituents is 1. The SMILES string of the molecule is Cc1nnc(C=Cc2ccccc2O)s1. The number of nitrogens with zero attached hydrogens (tertiary/aromatic N) is 2. The van der Waals surface area contributed by atoms with Crippen LogP contribution in [0.1, 0.15) is 15.6 Å². The van der Waals surface area contributed by atoms with Crippen molar-refractivity contribution >= 4 is 23.5 Å². The minimum absolute atomic E-state index is 0.273. The van der Waals surface area contributed by atoms with E-state index in [0.29, 0.717) is 0 Å². The Morgan fingerprint density at radius 2 is 2.00 bits per heavy atom. The van der Waals surface area contributed by atoms with Crippen molar-refractivity contribution in [2.24, 2.45) is 0 Å². The molecule has 0 aliphatic heterocycles. The van der Waals surface area contributed by atoms with E-state index in [1.165, 1.54) is 11.3 Å². The molecule has 0 aliphatic carbocycles. The van der Waals surface area contributed by atoms with Gasteiger partial charge in [0.15, 0.2) is 0 Å². The smallest absolute Gasteiger partial charge is 0.140 e. The highest BCUT2D eigenvalue weighted by atomic mass is 32.1. The minimum atomic E-state index is 0.273. The van der Waals surface area contributed by atoms with Crippen LogP contribution in [0.15, 0.2) is 24.3 Å². The lowest BCUT2D eigenvalue weighted by atomic mass is 10.2. The van der Waals surface area contributed by atoms with Crippen molar-refractivity contribution in [3.63, 3.8) is 0 Å². The molecule has 0 spiro atoms. The van der Waals surface area contributed by atoms with Gasteiger partial charge in [-0.25, -0.2) is 0 Å². The van der Waals surface area contributed by atoms with Crippen LogP contribution in [0.4, 0.5) is 0 Å². The van der Waals surface area contributed by atoms with Crippen LogP contribution in [0.3, 0.4) is 0 Å². The number of aromatic hydroxyl groups is 1. The number of para-hydroxylation sites is 1. The van der Waals surface area contributed by atoms with Gasteiger partial charge in [0.25, 0.3) is 0 Å².